The average molecular weight is 463 g/mol. The van der Waals surface area contributed by atoms with Gasteiger partial charge in [0.25, 0.3) is 17.4 Å². The SMILES string of the molecule is O=C(C=Cc1ccc(CN2CCC(NC(=O)c3cnc(-n4cccn4)[nH]c3=O)CC2)cc1)NO. The van der Waals surface area contributed by atoms with Crippen molar-refractivity contribution in [3.05, 3.63) is 82.0 Å². The third-order valence-corrected chi connectivity index (χ3v) is 5.60. The highest BCUT2D eigenvalue weighted by Gasteiger charge is 2.22. The van der Waals surface area contributed by atoms with Gasteiger partial charge in [-0.2, -0.15) is 5.10 Å². The topological polar surface area (TPSA) is 145 Å². The third kappa shape index (κ3) is 5.82. The lowest BCUT2D eigenvalue weighted by Crippen LogP contribution is -2.45. The summed E-state index contributed by atoms with van der Waals surface area (Å²) in [7, 11) is 0. The molecule has 4 rings (SSSR count). The van der Waals surface area contributed by atoms with Gasteiger partial charge in [0, 0.05) is 50.3 Å². The Morgan fingerprint density at radius 3 is 2.62 bits per heavy atom. The number of benzene rings is 1. The van der Waals surface area contributed by atoms with Crippen LogP contribution in [-0.4, -0.2) is 60.8 Å². The first kappa shape index (κ1) is 23.1. The van der Waals surface area contributed by atoms with Crippen molar-refractivity contribution >= 4 is 17.9 Å². The number of rotatable bonds is 7. The number of aromatic amines is 1. The van der Waals surface area contributed by atoms with E-state index in [1.165, 1.54) is 17.0 Å². The van der Waals surface area contributed by atoms with Crippen molar-refractivity contribution in [2.75, 3.05) is 13.1 Å². The molecule has 0 bridgehead atoms. The summed E-state index contributed by atoms with van der Waals surface area (Å²) >= 11 is 0. The van der Waals surface area contributed by atoms with Gasteiger partial charge in [0.05, 0.1) is 0 Å². The number of aromatic nitrogens is 4. The van der Waals surface area contributed by atoms with Gasteiger partial charge >= 0.3 is 0 Å². The molecule has 34 heavy (non-hydrogen) atoms. The van der Waals surface area contributed by atoms with Crippen molar-refractivity contribution in [1.82, 2.24) is 35.4 Å². The second-order valence-electron chi connectivity index (χ2n) is 7.98. The van der Waals surface area contributed by atoms with Crippen LogP contribution in [0.1, 0.15) is 34.3 Å². The van der Waals surface area contributed by atoms with Gasteiger partial charge in [-0.05, 0) is 36.1 Å². The van der Waals surface area contributed by atoms with Crippen LogP contribution in [0.3, 0.4) is 0 Å². The van der Waals surface area contributed by atoms with Gasteiger partial charge in [0.1, 0.15) is 5.56 Å². The van der Waals surface area contributed by atoms with E-state index in [1.54, 1.807) is 30.0 Å². The molecule has 176 valence electrons. The molecule has 1 fully saturated rings. The van der Waals surface area contributed by atoms with E-state index >= 15 is 0 Å². The fraction of sp³-hybridized carbons (Fsp3) is 0.261. The smallest absolute Gasteiger partial charge is 0.267 e. The number of nitrogens with zero attached hydrogens (tertiary/aromatic N) is 4. The highest BCUT2D eigenvalue weighted by molar-refractivity contribution is 5.93. The summed E-state index contributed by atoms with van der Waals surface area (Å²) in [5.74, 6) is -0.761. The number of likely N-dealkylation sites (tertiary alicyclic amines) is 1. The number of carbonyl (C=O) groups excluding carboxylic acids is 2. The van der Waals surface area contributed by atoms with E-state index < -0.39 is 17.4 Å². The molecular weight excluding hydrogens is 438 g/mol. The number of amides is 2. The first-order valence-corrected chi connectivity index (χ1v) is 10.9. The number of H-pyrrole nitrogens is 1. The molecule has 0 aliphatic carbocycles. The molecule has 1 saturated heterocycles. The van der Waals surface area contributed by atoms with Crippen LogP contribution in [0.4, 0.5) is 0 Å². The maximum absolute atomic E-state index is 12.6. The number of hydrogen-bond donors (Lipinski definition) is 4. The van der Waals surface area contributed by atoms with E-state index in [0.29, 0.717) is 0 Å². The van der Waals surface area contributed by atoms with Crippen molar-refractivity contribution < 1.29 is 14.8 Å². The number of hydroxylamine groups is 1. The van der Waals surface area contributed by atoms with Gasteiger partial charge in [-0.3, -0.25) is 29.5 Å². The van der Waals surface area contributed by atoms with Gasteiger partial charge in [-0.15, -0.1) is 0 Å². The minimum atomic E-state index is -0.578. The summed E-state index contributed by atoms with van der Waals surface area (Å²) in [4.78, 5) is 45.0. The van der Waals surface area contributed by atoms with Crippen LogP contribution in [-0.2, 0) is 11.3 Å². The van der Waals surface area contributed by atoms with Crippen molar-refractivity contribution in [3.8, 4) is 5.95 Å². The highest BCUT2D eigenvalue weighted by Crippen LogP contribution is 2.15. The zero-order chi connectivity index (χ0) is 23.9. The molecule has 0 atom stereocenters. The van der Waals surface area contributed by atoms with Crippen LogP contribution in [0.15, 0.2) is 59.8 Å². The molecule has 0 saturated carbocycles. The van der Waals surface area contributed by atoms with Crippen LogP contribution in [0.5, 0.6) is 0 Å². The summed E-state index contributed by atoms with van der Waals surface area (Å²) in [6, 6.07) is 9.51. The molecule has 4 N–H and O–H groups in total. The van der Waals surface area contributed by atoms with E-state index in [4.69, 9.17) is 5.21 Å². The maximum atomic E-state index is 12.6. The third-order valence-electron chi connectivity index (χ3n) is 5.60. The van der Waals surface area contributed by atoms with E-state index in [1.807, 2.05) is 24.3 Å². The summed E-state index contributed by atoms with van der Waals surface area (Å²) < 4.78 is 1.42. The molecule has 1 aliphatic heterocycles. The number of hydrogen-bond acceptors (Lipinski definition) is 7. The van der Waals surface area contributed by atoms with Crippen LogP contribution in [0, 0.1) is 0 Å². The molecule has 0 unspecified atom stereocenters. The van der Waals surface area contributed by atoms with E-state index in [-0.39, 0.29) is 17.6 Å². The largest absolute Gasteiger partial charge is 0.349 e. The number of nitrogens with one attached hydrogen (secondary N) is 3. The van der Waals surface area contributed by atoms with E-state index in [0.717, 1.165) is 43.6 Å². The molecule has 3 heterocycles. The standard InChI is InChI=1S/C23H25N7O4/c31-20(28-34)7-6-16-2-4-17(5-3-16)15-29-12-8-18(9-13-29)26-21(32)19-14-24-23(27-22(19)33)30-11-1-10-25-30/h1-7,10-11,14,18,34H,8-9,12-13,15H2,(H,26,32)(H,28,31)(H,24,27,33). The Kier molecular flexibility index (Phi) is 7.25. The predicted octanol–water partition coefficient (Wildman–Crippen LogP) is 0.869. The monoisotopic (exact) mass is 463 g/mol. The lowest BCUT2D eigenvalue weighted by atomic mass is 10.0. The van der Waals surface area contributed by atoms with Crippen molar-refractivity contribution in [2.45, 2.75) is 25.4 Å². The van der Waals surface area contributed by atoms with Crippen LogP contribution in [0.25, 0.3) is 12.0 Å². The first-order valence-electron chi connectivity index (χ1n) is 10.9. The van der Waals surface area contributed by atoms with Crippen molar-refractivity contribution in [3.63, 3.8) is 0 Å². The Bertz CT molecular complexity index is 1210. The summed E-state index contributed by atoms with van der Waals surface area (Å²) in [5.41, 5.74) is 3.02. The fourth-order valence-corrected chi connectivity index (χ4v) is 3.76. The Morgan fingerprint density at radius 1 is 1.21 bits per heavy atom. The Labute approximate surface area is 195 Å². The van der Waals surface area contributed by atoms with Crippen molar-refractivity contribution in [2.24, 2.45) is 0 Å². The Balaban J connectivity index is 1.26. The summed E-state index contributed by atoms with van der Waals surface area (Å²) in [6.07, 6.45) is 8.92. The van der Waals surface area contributed by atoms with Crippen LogP contribution >= 0.6 is 0 Å². The second kappa shape index (κ2) is 10.7. The molecule has 0 radical (unpaired) electrons. The first-order chi connectivity index (χ1) is 16.5. The normalized spacial score (nSPS) is 14.9. The molecule has 2 amide bonds. The second-order valence-corrected chi connectivity index (χ2v) is 7.98. The van der Waals surface area contributed by atoms with Gasteiger partial charge in [-0.25, -0.2) is 15.1 Å². The highest BCUT2D eigenvalue weighted by atomic mass is 16.5. The zero-order valence-corrected chi connectivity index (χ0v) is 18.3. The summed E-state index contributed by atoms with van der Waals surface area (Å²) in [5, 5.41) is 15.5. The van der Waals surface area contributed by atoms with Crippen LogP contribution < -0.4 is 16.4 Å². The minimum Gasteiger partial charge on any atom is -0.349 e. The minimum absolute atomic E-state index is 0.0147. The lowest BCUT2D eigenvalue weighted by molar-refractivity contribution is -0.124. The zero-order valence-electron chi connectivity index (χ0n) is 18.3. The molecule has 0 spiro atoms. The van der Waals surface area contributed by atoms with Crippen molar-refractivity contribution in [1.29, 1.82) is 0 Å². The molecule has 11 heteroatoms. The van der Waals surface area contributed by atoms with Gasteiger partial charge in [0.15, 0.2) is 0 Å². The molecule has 1 aliphatic rings. The van der Waals surface area contributed by atoms with Gasteiger partial charge in [-0.1, -0.05) is 24.3 Å². The van der Waals surface area contributed by atoms with E-state index in [9.17, 15) is 14.4 Å². The number of carbonyl (C=O) groups is 2. The molecule has 1 aromatic carbocycles. The predicted molar refractivity (Wildman–Crippen MR) is 123 cm³/mol. The number of piperidine rings is 1. The lowest BCUT2D eigenvalue weighted by Gasteiger charge is -2.32. The van der Waals surface area contributed by atoms with E-state index in [2.05, 4.69) is 25.3 Å². The molecule has 3 aromatic rings. The fourth-order valence-electron chi connectivity index (χ4n) is 3.76. The quantitative estimate of drug-likeness (QED) is 0.231. The molecule has 2 aromatic heterocycles. The van der Waals surface area contributed by atoms with Gasteiger partial charge < -0.3 is 5.32 Å². The summed E-state index contributed by atoms with van der Waals surface area (Å²) in [6.45, 7) is 2.41. The molecular formula is C23H25N7O4. The van der Waals surface area contributed by atoms with Gasteiger partial charge in [0.2, 0.25) is 5.95 Å². The maximum Gasteiger partial charge on any atom is 0.267 e. The average Bonchev–Trinajstić information content (AvgIpc) is 3.39. The van der Waals surface area contributed by atoms with Crippen LogP contribution in [0.2, 0.25) is 0 Å². The molecule has 11 nitrogen and oxygen atoms in total. The Hall–Kier alpha value is -4.09. The Morgan fingerprint density at radius 2 is 1.97 bits per heavy atom.